The van der Waals surface area contributed by atoms with Crippen LogP contribution in [0.1, 0.15) is 46.5 Å². The molecule has 0 spiro atoms. The molecular weight excluding hydrogens is 375 g/mol. The molecule has 0 saturated carbocycles. The summed E-state index contributed by atoms with van der Waals surface area (Å²) in [7, 11) is 0. The van der Waals surface area contributed by atoms with E-state index in [2.05, 4.69) is 13.8 Å². The molecule has 4 nitrogen and oxygen atoms in total. The zero-order valence-electron chi connectivity index (χ0n) is 13.9. The number of rotatable bonds is 8. The summed E-state index contributed by atoms with van der Waals surface area (Å²) in [6.45, 7) is 5.98. The van der Waals surface area contributed by atoms with Crippen LogP contribution in [0.3, 0.4) is 0 Å². The third-order valence-corrected chi connectivity index (χ3v) is 3.86. The Bertz CT molecular complexity index is 564. The van der Waals surface area contributed by atoms with Crippen molar-refractivity contribution >= 4 is 46.7 Å². The summed E-state index contributed by atoms with van der Waals surface area (Å²) in [6, 6.07) is 2.87. The van der Waals surface area contributed by atoms with Gasteiger partial charge in [-0.2, -0.15) is 0 Å². The van der Waals surface area contributed by atoms with E-state index < -0.39 is 5.97 Å². The van der Waals surface area contributed by atoms with Gasteiger partial charge in [0.1, 0.15) is 0 Å². The molecule has 0 N–H and O–H groups in total. The minimum absolute atomic E-state index is 0.0585. The molecule has 1 aromatic carbocycles. The van der Waals surface area contributed by atoms with E-state index in [0.29, 0.717) is 17.4 Å². The molecule has 1 aromatic rings. The van der Waals surface area contributed by atoms with Gasteiger partial charge in [-0.15, -0.1) is 0 Å². The van der Waals surface area contributed by atoms with Crippen LogP contribution in [-0.4, -0.2) is 18.0 Å². The topological polar surface area (TPSA) is 52.6 Å². The van der Waals surface area contributed by atoms with E-state index in [1.54, 1.807) is 0 Å². The van der Waals surface area contributed by atoms with Crippen LogP contribution < -0.4 is 4.74 Å². The van der Waals surface area contributed by atoms with Crippen LogP contribution in [0.4, 0.5) is 0 Å². The molecule has 1 rings (SSSR count). The van der Waals surface area contributed by atoms with Gasteiger partial charge in [0.05, 0.1) is 16.1 Å². The second-order valence-electron chi connectivity index (χ2n) is 5.96. The van der Waals surface area contributed by atoms with Crippen molar-refractivity contribution in [2.75, 3.05) is 0 Å². The van der Waals surface area contributed by atoms with Gasteiger partial charge < -0.3 is 9.47 Å². The molecule has 1 atom stereocenters. The van der Waals surface area contributed by atoms with Crippen molar-refractivity contribution in [1.82, 2.24) is 0 Å². The molecule has 24 heavy (non-hydrogen) atoms. The highest BCUT2D eigenvalue weighted by molar-refractivity contribution is 6.40. The van der Waals surface area contributed by atoms with Gasteiger partial charge in [-0.25, -0.2) is 0 Å². The SMILES string of the molecule is CC(C)CC(C)OC(=O)CCCC(=O)Oc1c(Cl)cc(Cl)cc1Cl. The van der Waals surface area contributed by atoms with Crippen molar-refractivity contribution in [3.05, 3.63) is 27.2 Å². The Morgan fingerprint density at radius 2 is 1.54 bits per heavy atom. The Balaban J connectivity index is 2.38. The van der Waals surface area contributed by atoms with E-state index in [4.69, 9.17) is 44.3 Å². The molecule has 0 aliphatic rings. The molecule has 0 radical (unpaired) electrons. The van der Waals surface area contributed by atoms with Crippen LogP contribution in [0, 0.1) is 5.92 Å². The first kappa shape index (κ1) is 21.1. The lowest BCUT2D eigenvalue weighted by Crippen LogP contribution is -2.17. The van der Waals surface area contributed by atoms with Gasteiger partial charge in [0.25, 0.3) is 0 Å². The summed E-state index contributed by atoms with van der Waals surface area (Å²) in [6.07, 6.45) is 1.22. The average Bonchev–Trinajstić information content (AvgIpc) is 2.41. The number of benzene rings is 1. The van der Waals surface area contributed by atoms with E-state index in [0.717, 1.165) is 6.42 Å². The number of halogens is 3. The predicted molar refractivity (Wildman–Crippen MR) is 96.0 cm³/mol. The summed E-state index contributed by atoms with van der Waals surface area (Å²) in [5.41, 5.74) is 0. The number of ether oxygens (including phenoxy) is 2. The van der Waals surface area contributed by atoms with Crippen LogP contribution in [0.25, 0.3) is 0 Å². The maximum atomic E-state index is 11.8. The number of carbonyl (C=O) groups is 2. The molecule has 0 aromatic heterocycles. The van der Waals surface area contributed by atoms with Crippen molar-refractivity contribution in [3.63, 3.8) is 0 Å². The van der Waals surface area contributed by atoms with Gasteiger partial charge in [0, 0.05) is 17.9 Å². The zero-order valence-corrected chi connectivity index (χ0v) is 16.2. The molecule has 0 amide bonds. The first-order valence-electron chi connectivity index (χ1n) is 7.73. The Morgan fingerprint density at radius 1 is 1.00 bits per heavy atom. The Hall–Kier alpha value is -0.970. The van der Waals surface area contributed by atoms with Gasteiger partial charge in [-0.3, -0.25) is 9.59 Å². The van der Waals surface area contributed by atoms with Crippen molar-refractivity contribution in [2.45, 2.75) is 52.6 Å². The largest absolute Gasteiger partial charge is 0.463 e. The minimum atomic E-state index is -0.524. The van der Waals surface area contributed by atoms with Crippen molar-refractivity contribution < 1.29 is 19.1 Å². The summed E-state index contributed by atoms with van der Waals surface area (Å²) in [5.74, 6) is -0.319. The van der Waals surface area contributed by atoms with E-state index in [-0.39, 0.29) is 40.7 Å². The fourth-order valence-corrected chi connectivity index (χ4v) is 3.06. The first-order valence-corrected chi connectivity index (χ1v) is 8.87. The molecular formula is C17H21Cl3O4. The van der Waals surface area contributed by atoms with Gasteiger partial charge in [-0.05, 0) is 37.8 Å². The molecule has 0 aliphatic heterocycles. The van der Waals surface area contributed by atoms with Gasteiger partial charge >= 0.3 is 11.9 Å². The van der Waals surface area contributed by atoms with E-state index >= 15 is 0 Å². The van der Waals surface area contributed by atoms with E-state index in [1.165, 1.54) is 12.1 Å². The second kappa shape index (κ2) is 10.1. The predicted octanol–water partition coefficient (Wildman–Crippen LogP) is 5.70. The van der Waals surface area contributed by atoms with Gasteiger partial charge in [0.15, 0.2) is 5.75 Å². The monoisotopic (exact) mass is 394 g/mol. The van der Waals surface area contributed by atoms with Crippen molar-refractivity contribution in [1.29, 1.82) is 0 Å². The normalized spacial score (nSPS) is 12.1. The lowest BCUT2D eigenvalue weighted by atomic mass is 10.1. The highest BCUT2D eigenvalue weighted by Crippen LogP contribution is 2.36. The number of esters is 2. The van der Waals surface area contributed by atoms with Crippen LogP contribution in [-0.2, 0) is 14.3 Å². The number of carbonyl (C=O) groups excluding carboxylic acids is 2. The lowest BCUT2D eigenvalue weighted by Gasteiger charge is -2.15. The van der Waals surface area contributed by atoms with Crippen LogP contribution in [0.5, 0.6) is 5.75 Å². The third-order valence-electron chi connectivity index (χ3n) is 3.08. The quantitative estimate of drug-likeness (QED) is 0.418. The highest BCUT2D eigenvalue weighted by Gasteiger charge is 2.15. The Labute approximate surface area is 157 Å². The molecule has 0 saturated heterocycles. The number of hydrogen-bond donors (Lipinski definition) is 0. The van der Waals surface area contributed by atoms with Gasteiger partial charge in [-0.1, -0.05) is 48.7 Å². The number of hydrogen-bond acceptors (Lipinski definition) is 4. The third kappa shape index (κ3) is 7.73. The highest BCUT2D eigenvalue weighted by atomic mass is 35.5. The van der Waals surface area contributed by atoms with Crippen LogP contribution >= 0.6 is 34.8 Å². The first-order chi connectivity index (χ1) is 11.2. The molecule has 0 fully saturated rings. The summed E-state index contributed by atoms with van der Waals surface area (Å²) in [5, 5.41) is 0.661. The van der Waals surface area contributed by atoms with E-state index in [1.807, 2.05) is 6.92 Å². The fraction of sp³-hybridized carbons (Fsp3) is 0.529. The maximum absolute atomic E-state index is 11.8. The van der Waals surface area contributed by atoms with Crippen LogP contribution in [0.2, 0.25) is 15.1 Å². The van der Waals surface area contributed by atoms with E-state index in [9.17, 15) is 9.59 Å². The maximum Gasteiger partial charge on any atom is 0.311 e. The Morgan fingerprint density at radius 3 is 2.08 bits per heavy atom. The molecule has 1 unspecified atom stereocenters. The fourth-order valence-electron chi connectivity index (χ4n) is 2.16. The summed E-state index contributed by atoms with van der Waals surface area (Å²) >= 11 is 17.7. The Kier molecular flexibility index (Phi) is 8.88. The zero-order chi connectivity index (χ0) is 18.3. The second-order valence-corrected chi connectivity index (χ2v) is 7.21. The van der Waals surface area contributed by atoms with Crippen molar-refractivity contribution in [3.8, 4) is 5.75 Å². The molecule has 0 heterocycles. The summed E-state index contributed by atoms with van der Waals surface area (Å²) in [4.78, 5) is 23.5. The smallest absolute Gasteiger partial charge is 0.311 e. The minimum Gasteiger partial charge on any atom is -0.463 e. The molecule has 7 heteroatoms. The van der Waals surface area contributed by atoms with Crippen LogP contribution in [0.15, 0.2) is 12.1 Å². The average molecular weight is 396 g/mol. The molecule has 0 bridgehead atoms. The van der Waals surface area contributed by atoms with Gasteiger partial charge in [0.2, 0.25) is 0 Å². The lowest BCUT2D eigenvalue weighted by molar-refractivity contribution is -0.149. The standard InChI is InChI=1S/C17H21Cl3O4/c1-10(2)7-11(3)23-15(21)5-4-6-16(22)24-17-13(19)8-12(18)9-14(17)20/h8-11H,4-7H2,1-3H3. The molecule has 0 aliphatic carbocycles. The molecule has 134 valence electrons. The van der Waals surface area contributed by atoms with Crippen molar-refractivity contribution in [2.24, 2.45) is 5.92 Å². The summed E-state index contributed by atoms with van der Waals surface area (Å²) < 4.78 is 10.4.